The van der Waals surface area contributed by atoms with E-state index in [1.54, 1.807) is 0 Å². The molecule has 2 N–H and O–H groups in total. The van der Waals surface area contributed by atoms with Gasteiger partial charge in [-0.15, -0.1) is 11.3 Å². The van der Waals surface area contributed by atoms with Gasteiger partial charge in [-0.2, -0.15) is 5.26 Å². The van der Waals surface area contributed by atoms with Crippen LogP contribution in [0.2, 0.25) is 0 Å². The predicted molar refractivity (Wildman–Crippen MR) is 57.2 cm³/mol. The van der Waals surface area contributed by atoms with Crippen molar-refractivity contribution in [2.75, 3.05) is 13.2 Å². The Hall–Kier alpha value is -0.890. The van der Waals surface area contributed by atoms with Crippen molar-refractivity contribution in [1.29, 1.82) is 5.26 Å². The van der Waals surface area contributed by atoms with E-state index in [1.165, 1.54) is 16.2 Å². The van der Waals surface area contributed by atoms with E-state index in [-0.39, 0.29) is 12.6 Å². The van der Waals surface area contributed by atoms with Crippen molar-refractivity contribution < 1.29 is 5.11 Å². The Labute approximate surface area is 88.0 Å². The molecule has 0 aliphatic carbocycles. The summed E-state index contributed by atoms with van der Waals surface area (Å²) in [6, 6.07) is 6.19. The van der Waals surface area contributed by atoms with Gasteiger partial charge >= 0.3 is 0 Å². The Morgan fingerprint density at radius 1 is 1.64 bits per heavy atom. The lowest BCUT2D eigenvalue weighted by molar-refractivity contribution is 0.284. The zero-order valence-corrected chi connectivity index (χ0v) is 8.97. The molecule has 0 aliphatic rings. The van der Waals surface area contributed by atoms with Gasteiger partial charge in [0.2, 0.25) is 0 Å². The molecular weight excluding hydrogens is 196 g/mol. The van der Waals surface area contributed by atoms with Crippen molar-refractivity contribution in [2.24, 2.45) is 0 Å². The fourth-order valence-corrected chi connectivity index (χ4v) is 1.98. The summed E-state index contributed by atoms with van der Waals surface area (Å²) < 4.78 is 0. The minimum atomic E-state index is 0.216. The fraction of sp³-hybridized carbons (Fsp3) is 0.500. The first-order valence-corrected chi connectivity index (χ1v) is 5.43. The molecule has 0 bridgehead atoms. The van der Waals surface area contributed by atoms with Gasteiger partial charge in [-0.3, -0.25) is 0 Å². The fourth-order valence-electron chi connectivity index (χ4n) is 1.14. The highest BCUT2D eigenvalue weighted by Gasteiger charge is 2.07. The number of thiophene rings is 1. The number of nitrogens with zero attached hydrogens (tertiary/aromatic N) is 1. The number of hydrogen-bond acceptors (Lipinski definition) is 4. The Morgan fingerprint density at radius 3 is 3.00 bits per heavy atom. The zero-order chi connectivity index (χ0) is 10.4. The van der Waals surface area contributed by atoms with Crippen molar-refractivity contribution in [3.8, 4) is 6.07 Å². The standard InChI is InChI=1S/C10H14N2OS/c1-8(12-5-2-6-13)10-4-3-9(7-11)14-10/h3-4,8,12-13H,2,5-6H2,1H3. The number of nitriles is 1. The molecule has 1 atom stereocenters. The highest BCUT2D eigenvalue weighted by molar-refractivity contribution is 7.12. The normalized spacial score (nSPS) is 12.4. The van der Waals surface area contributed by atoms with Gasteiger partial charge in [-0.1, -0.05) is 0 Å². The summed E-state index contributed by atoms with van der Waals surface area (Å²) in [7, 11) is 0. The summed E-state index contributed by atoms with van der Waals surface area (Å²) >= 11 is 1.51. The van der Waals surface area contributed by atoms with Gasteiger partial charge in [0.15, 0.2) is 0 Å². The second-order valence-electron chi connectivity index (χ2n) is 3.07. The van der Waals surface area contributed by atoms with Crippen LogP contribution in [0.25, 0.3) is 0 Å². The Morgan fingerprint density at radius 2 is 2.43 bits per heavy atom. The van der Waals surface area contributed by atoms with Crippen molar-refractivity contribution in [3.05, 3.63) is 21.9 Å². The van der Waals surface area contributed by atoms with Gasteiger partial charge in [-0.05, 0) is 32.0 Å². The maximum absolute atomic E-state index is 8.65. The SMILES string of the molecule is CC(NCCCO)c1ccc(C#N)s1. The maximum atomic E-state index is 8.65. The molecule has 3 nitrogen and oxygen atoms in total. The van der Waals surface area contributed by atoms with Crippen molar-refractivity contribution in [3.63, 3.8) is 0 Å². The maximum Gasteiger partial charge on any atom is 0.110 e. The van der Waals surface area contributed by atoms with Crippen LogP contribution in [0.15, 0.2) is 12.1 Å². The molecule has 1 aromatic rings. The quantitative estimate of drug-likeness (QED) is 0.727. The van der Waals surface area contributed by atoms with Crippen LogP contribution in [0.3, 0.4) is 0 Å². The number of hydrogen-bond donors (Lipinski definition) is 2. The number of rotatable bonds is 5. The van der Waals surface area contributed by atoms with Crippen LogP contribution < -0.4 is 5.32 Å². The van der Waals surface area contributed by atoms with Crippen LogP contribution in [0.4, 0.5) is 0 Å². The molecule has 0 spiro atoms. The molecule has 0 fully saturated rings. The summed E-state index contributed by atoms with van der Waals surface area (Å²) in [5.74, 6) is 0. The number of aliphatic hydroxyl groups is 1. The Kier molecular flexibility index (Phi) is 4.60. The van der Waals surface area contributed by atoms with Crippen LogP contribution in [0, 0.1) is 11.3 Å². The molecule has 1 rings (SSSR count). The van der Waals surface area contributed by atoms with E-state index in [9.17, 15) is 0 Å². The minimum absolute atomic E-state index is 0.216. The third-order valence-electron chi connectivity index (χ3n) is 1.95. The van der Waals surface area contributed by atoms with E-state index in [0.29, 0.717) is 0 Å². The lowest BCUT2D eigenvalue weighted by atomic mass is 10.2. The zero-order valence-electron chi connectivity index (χ0n) is 8.16. The number of nitrogens with one attached hydrogen (secondary N) is 1. The molecule has 0 amide bonds. The summed E-state index contributed by atoms with van der Waals surface area (Å²) in [6.45, 7) is 3.08. The number of aliphatic hydroxyl groups excluding tert-OH is 1. The second kappa shape index (κ2) is 5.76. The Bertz CT molecular complexity index is 316. The van der Waals surface area contributed by atoms with E-state index < -0.39 is 0 Å². The summed E-state index contributed by atoms with van der Waals surface area (Å²) in [6.07, 6.45) is 0.765. The van der Waals surface area contributed by atoms with E-state index >= 15 is 0 Å². The summed E-state index contributed by atoms with van der Waals surface area (Å²) in [5.41, 5.74) is 0. The van der Waals surface area contributed by atoms with Crippen molar-refractivity contribution >= 4 is 11.3 Å². The average molecular weight is 210 g/mol. The molecule has 0 aromatic carbocycles. The first-order valence-electron chi connectivity index (χ1n) is 4.62. The first kappa shape index (κ1) is 11.2. The molecule has 0 aliphatic heterocycles. The predicted octanol–water partition coefficient (Wildman–Crippen LogP) is 1.65. The van der Waals surface area contributed by atoms with Gasteiger partial charge in [0.05, 0.1) is 0 Å². The minimum Gasteiger partial charge on any atom is -0.396 e. The smallest absolute Gasteiger partial charge is 0.110 e. The average Bonchev–Trinajstić information content (AvgIpc) is 2.66. The van der Waals surface area contributed by atoms with Crippen LogP contribution in [-0.2, 0) is 0 Å². The molecule has 0 radical (unpaired) electrons. The van der Waals surface area contributed by atoms with Crippen LogP contribution in [-0.4, -0.2) is 18.3 Å². The highest BCUT2D eigenvalue weighted by atomic mass is 32.1. The van der Waals surface area contributed by atoms with Crippen LogP contribution in [0.5, 0.6) is 0 Å². The van der Waals surface area contributed by atoms with Gasteiger partial charge in [0.25, 0.3) is 0 Å². The Balaban J connectivity index is 2.44. The lowest BCUT2D eigenvalue weighted by Gasteiger charge is -2.10. The summed E-state index contributed by atoms with van der Waals surface area (Å²) in [5, 5.41) is 20.5. The lowest BCUT2D eigenvalue weighted by Crippen LogP contribution is -2.19. The van der Waals surface area contributed by atoms with Crippen LogP contribution >= 0.6 is 11.3 Å². The summed E-state index contributed by atoms with van der Waals surface area (Å²) in [4.78, 5) is 1.91. The van der Waals surface area contributed by atoms with Crippen molar-refractivity contribution in [1.82, 2.24) is 5.32 Å². The van der Waals surface area contributed by atoms with E-state index in [2.05, 4.69) is 18.3 Å². The highest BCUT2D eigenvalue weighted by Crippen LogP contribution is 2.22. The van der Waals surface area contributed by atoms with Crippen molar-refractivity contribution in [2.45, 2.75) is 19.4 Å². The van der Waals surface area contributed by atoms with Gasteiger partial charge in [0.1, 0.15) is 10.9 Å². The molecule has 14 heavy (non-hydrogen) atoms. The van der Waals surface area contributed by atoms with Gasteiger partial charge in [0, 0.05) is 17.5 Å². The third kappa shape index (κ3) is 3.11. The van der Waals surface area contributed by atoms with Gasteiger partial charge < -0.3 is 10.4 Å². The van der Waals surface area contributed by atoms with Gasteiger partial charge in [-0.25, -0.2) is 0 Å². The molecule has 4 heteroatoms. The van der Waals surface area contributed by atoms with Crippen LogP contribution in [0.1, 0.15) is 29.1 Å². The van der Waals surface area contributed by atoms with E-state index in [0.717, 1.165) is 17.8 Å². The van der Waals surface area contributed by atoms with E-state index in [1.807, 2.05) is 12.1 Å². The molecule has 76 valence electrons. The first-order chi connectivity index (χ1) is 6.77. The topological polar surface area (TPSA) is 56.0 Å². The molecular formula is C10H14N2OS. The third-order valence-corrected chi connectivity index (χ3v) is 3.12. The molecule has 1 aromatic heterocycles. The molecule has 0 saturated heterocycles. The second-order valence-corrected chi connectivity index (χ2v) is 4.18. The monoisotopic (exact) mass is 210 g/mol. The molecule has 1 heterocycles. The molecule has 0 saturated carbocycles. The largest absolute Gasteiger partial charge is 0.396 e. The molecule has 1 unspecified atom stereocenters. The van der Waals surface area contributed by atoms with E-state index in [4.69, 9.17) is 10.4 Å².